The zero-order valence-electron chi connectivity index (χ0n) is 9.49. The topological polar surface area (TPSA) is 51.0 Å². The van der Waals surface area contributed by atoms with Crippen LogP contribution >= 0.6 is 12.4 Å². The van der Waals surface area contributed by atoms with Crippen LogP contribution in [0.1, 0.15) is 18.4 Å². The van der Waals surface area contributed by atoms with Crippen LogP contribution in [0, 0.1) is 0 Å². The molecule has 1 atom stereocenters. The first kappa shape index (κ1) is 12.9. The zero-order valence-corrected chi connectivity index (χ0v) is 10.3. The van der Waals surface area contributed by atoms with E-state index in [1.54, 1.807) is 7.11 Å². The average Bonchev–Trinajstić information content (AvgIpc) is 2.70. The van der Waals surface area contributed by atoms with Crippen molar-refractivity contribution in [2.24, 2.45) is 5.73 Å². The van der Waals surface area contributed by atoms with E-state index in [9.17, 15) is 0 Å². The van der Waals surface area contributed by atoms with E-state index in [0.717, 1.165) is 11.3 Å². The van der Waals surface area contributed by atoms with Crippen LogP contribution < -0.4 is 10.5 Å². The molecule has 1 aromatic heterocycles. The summed E-state index contributed by atoms with van der Waals surface area (Å²) in [7, 11) is 1.68. The number of hydrogen-bond acceptors (Lipinski definition) is 2. The molecular formula is C12H17ClN2O. The molecule has 1 aromatic carbocycles. The summed E-state index contributed by atoms with van der Waals surface area (Å²) in [6.45, 7) is 2.78. The van der Waals surface area contributed by atoms with Gasteiger partial charge in [-0.05, 0) is 36.2 Å². The van der Waals surface area contributed by atoms with Crippen molar-refractivity contribution in [2.75, 3.05) is 13.7 Å². The van der Waals surface area contributed by atoms with E-state index < -0.39 is 0 Å². The Kier molecular flexibility index (Phi) is 4.21. The quantitative estimate of drug-likeness (QED) is 0.867. The van der Waals surface area contributed by atoms with Gasteiger partial charge in [0.1, 0.15) is 5.75 Å². The smallest absolute Gasteiger partial charge is 0.119 e. The highest BCUT2D eigenvalue weighted by Gasteiger charge is 2.10. The van der Waals surface area contributed by atoms with Gasteiger partial charge in [-0.1, -0.05) is 6.92 Å². The number of nitrogens with two attached hydrogens (primary N) is 1. The molecule has 16 heavy (non-hydrogen) atoms. The third-order valence-corrected chi connectivity index (χ3v) is 2.81. The molecule has 3 nitrogen and oxygen atoms in total. The van der Waals surface area contributed by atoms with Gasteiger partial charge in [0.2, 0.25) is 0 Å². The van der Waals surface area contributed by atoms with Gasteiger partial charge in [0.15, 0.2) is 0 Å². The van der Waals surface area contributed by atoms with Gasteiger partial charge in [0.25, 0.3) is 0 Å². The molecule has 88 valence electrons. The lowest BCUT2D eigenvalue weighted by molar-refractivity contribution is 0.415. The molecule has 1 heterocycles. The van der Waals surface area contributed by atoms with E-state index in [1.165, 1.54) is 10.9 Å². The van der Waals surface area contributed by atoms with Crippen LogP contribution in [0.25, 0.3) is 10.9 Å². The van der Waals surface area contributed by atoms with Gasteiger partial charge in [0.05, 0.1) is 7.11 Å². The number of methoxy groups -OCH3 is 1. The van der Waals surface area contributed by atoms with Crippen LogP contribution in [-0.4, -0.2) is 18.6 Å². The Bertz CT molecular complexity index is 467. The standard InChI is InChI=1S/C12H16N2O.ClH/c1-8(6-13)11-7-14-12-4-3-9(15-2)5-10(11)12;/h3-5,7-8,14H,6,13H2,1-2H3;1H. The van der Waals surface area contributed by atoms with Gasteiger partial charge < -0.3 is 15.5 Å². The van der Waals surface area contributed by atoms with Crippen LogP contribution in [0.4, 0.5) is 0 Å². The lowest BCUT2D eigenvalue weighted by atomic mass is 10.0. The Morgan fingerprint density at radius 3 is 2.81 bits per heavy atom. The van der Waals surface area contributed by atoms with E-state index >= 15 is 0 Å². The van der Waals surface area contributed by atoms with Crippen LogP contribution in [0.15, 0.2) is 24.4 Å². The minimum absolute atomic E-state index is 0. The van der Waals surface area contributed by atoms with Crippen molar-refractivity contribution in [3.63, 3.8) is 0 Å². The summed E-state index contributed by atoms with van der Waals surface area (Å²) in [5.41, 5.74) is 8.07. The molecule has 0 bridgehead atoms. The van der Waals surface area contributed by atoms with Crippen LogP contribution in [-0.2, 0) is 0 Å². The predicted octanol–water partition coefficient (Wildman–Crippen LogP) is 2.66. The molecule has 0 fully saturated rings. The fourth-order valence-electron chi connectivity index (χ4n) is 1.78. The fourth-order valence-corrected chi connectivity index (χ4v) is 1.78. The summed E-state index contributed by atoms with van der Waals surface area (Å²) in [4.78, 5) is 3.24. The minimum atomic E-state index is 0. The fraction of sp³-hybridized carbons (Fsp3) is 0.333. The van der Waals surface area contributed by atoms with Gasteiger partial charge in [-0.25, -0.2) is 0 Å². The highest BCUT2D eigenvalue weighted by molar-refractivity contribution is 5.85. The first-order chi connectivity index (χ1) is 7.26. The molecule has 4 heteroatoms. The molecule has 0 saturated heterocycles. The summed E-state index contributed by atoms with van der Waals surface area (Å²) in [5, 5.41) is 1.20. The third kappa shape index (κ3) is 2.15. The van der Waals surface area contributed by atoms with E-state index in [0.29, 0.717) is 12.5 Å². The number of ether oxygens (including phenoxy) is 1. The molecule has 0 aliphatic heterocycles. The van der Waals surface area contributed by atoms with Crippen molar-refractivity contribution in [2.45, 2.75) is 12.8 Å². The predicted molar refractivity (Wildman–Crippen MR) is 69.6 cm³/mol. The summed E-state index contributed by atoms with van der Waals surface area (Å²) >= 11 is 0. The second-order valence-corrected chi connectivity index (χ2v) is 3.79. The number of fused-ring (bicyclic) bond motifs is 1. The van der Waals surface area contributed by atoms with E-state index in [2.05, 4.69) is 11.9 Å². The lowest BCUT2D eigenvalue weighted by Crippen LogP contribution is -2.08. The minimum Gasteiger partial charge on any atom is -0.497 e. The molecule has 1 unspecified atom stereocenters. The second kappa shape index (κ2) is 5.23. The Balaban J connectivity index is 0.00000128. The summed E-state index contributed by atoms with van der Waals surface area (Å²) < 4.78 is 5.21. The second-order valence-electron chi connectivity index (χ2n) is 3.79. The van der Waals surface area contributed by atoms with E-state index in [4.69, 9.17) is 10.5 Å². The molecule has 0 aliphatic rings. The van der Waals surface area contributed by atoms with Crippen molar-refractivity contribution in [3.8, 4) is 5.75 Å². The molecular weight excluding hydrogens is 224 g/mol. The monoisotopic (exact) mass is 240 g/mol. The first-order valence-corrected chi connectivity index (χ1v) is 5.11. The number of benzene rings is 1. The maximum Gasteiger partial charge on any atom is 0.119 e. The third-order valence-electron chi connectivity index (χ3n) is 2.81. The van der Waals surface area contributed by atoms with E-state index in [1.807, 2.05) is 24.4 Å². The largest absolute Gasteiger partial charge is 0.497 e. The van der Waals surface area contributed by atoms with Gasteiger partial charge in [-0.3, -0.25) is 0 Å². The highest BCUT2D eigenvalue weighted by Crippen LogP contribution is 2.27. The first-order valence-electron chi connectivity index (χ1n) is 5.11. The van der Waals surface area contributed by atoms with Crippen LogP contribution in [0.2, 0.25) is 0 Å². The molecule has 0 aliphatic carbocycles. The molecule has 0 radical (unpaired) electrons. The number of aromatic nitrogens is 1. The van der Waals surface area contributed by atoms with Crippen molar-refractivity contribution in [3.05, 3.63) is 30.0 Å². The van der Waals surface area contributed by atoms with Crippen molar-refractivity contribution >= 4 is 23.3 Å². The van der Waals surface area contributed by atoms with Crippen molar-refractivity contribution in [1.82, 2.24) is 4.98 Å². The zero-order chi connectivity index (χ0) is 10.8. The van der Waals surface area contributed by atoms with Crippen LogP contribution in [0.3, 0.4) is 0 Å². The average molecular weight is 241 g/mol. The Hall–Kier alpha value is -1.19. The van der Waals surface area contributed by atoms with Crippen LogP contribution in [0.5, 0.6) is 5.75 Å². The number of hydrogen-bond donors (Lipinski definition) is 2. The maximum absolute atomic E-state index is 5.68. The summed E-state index contributed by atoms with van der Waals surface area (Å²) in [6.07, 6.45) is 2.03. The number of H-pyrrole nitrogens is 1. The van der Waals surface area contributed by atoms with Gasteiger partial charge in [0, 0.05) is 17.1 Å². The number of rotatable bonds is 3. The van der Waals surface area contributed by atoms with Gasteiger partial charge >= 0.3 is 0 Å². The Labute approximate surface area is 101 Å². The normalized spacial score (nSPS) is 12.2. The SMILES string of the molecule is COc1ccc2[nH]cc(C(C)CN)c2c1.Cl. The Morgan fingerprint density at radius 1 is 1.44 bits per heavy atom. The number of aromatic amines is 1. The van der Waals surface area contributed by atoms with Crippen molar-refractivity contribution in [1.29, 1.82) is 0 Å². The molecule has 0 amide bonds. The summed E-state index contributed by atoms with van der Waals surface area (Å²) in [5.74, 6) is 1.25. The Morgan fingerprint density at radius 2 is 2.19 bits per heavy atom. The van der Waals surface area contributed by atoms with Gasteiger partial charge in [-0.2, -0.15) is 0 Å². The molecule has 2 aromatic rings. The lowest BCUT2D eigenvalue weighted by Gasteiger charge is -2.07. The summed E-state index contributed by atoms with van der Waals surface area (Å²) in [6, 6.07) is 6.03. The highest BCUT2D eigenvalue weighted by atomic mass is 35.5. The number of nitrogens with one attached hydrogen (secondary N) is 1. The number of halogens is 1. The van der Waals surface area contributed by atoms with Gasteiger partial charge in [-0.15, -0.1) is 12.4 Å². The molecule has 0 saturated carbocycles. The molecule has 3 N–H and O–H groups in total. The van der Waals surface area contributed by atoms with E-state index in [-0.39, 0.29) is 12.4 Å². The molecule has 2 rings (SSSR count). The molecule has 0 spiro atoms. The maximum atomic E-state index is 5.68. The van der Waals surface area contributed by atoms with Crippen molar-refractivity contribution < 1.29 is 4.74 Å².